The number of anilines is 2. The van der Waals surface area contributed by atoms with Crippen molar-refractivity contribution >= 4 is 17.7 Å². The Morgan fingerprint density at radius 1 is 1.27 bits per heavy atom. The van der Waals surface area contributed by atoms with Gasteiger partial charge in [0.25, 0.3) is 5.56 Å². The number of carbonyl (C=O) groups is 1. The molecule has 4 N–H and O–H groups in total. The number of benzene rings is 1. The van der Waals surface area contributed by atoms with Gasteiger partial charge >= 0.3 is 6.03 Å². The number of rotatable bonds is 6. The van der Waals surface area contributed by atoms with E-state index in [2.05, 4.69) is 25.9 Å². The van der Waals surface area contributed by atoms with Gasteiger partial charge in [0.2, 0.25) is 12.7 Å². The summed E-state index contributed by atoms with van der Waals surface area (Å²) < 4.78 is 15.8. The lowest BCUT2D eigenvalue weighted by atomic mass is 10.2. The van der Waals surface area contributed by atoms with Crippen molar-refractivity contribution in [3.63, 3.8) is 0 Å². The molecule has 0 radical (unpaired) electrons. The van der Waals surface area contributed by atoms with Crippen molar-refractivity contribution < 1.29 is 19.0 Å². The largest absolute Gasteiger partial charge is 0.494 e. The quantitative estimate of drug-likeness (QED) is 0.566. The highest BCUT2D eigenvalue weighted by molar-refractivity contribution is 5.91. The smallest absolute Gasteiger partial charge is 0.319 e. The number of amides is 2. The second-order valence-electron chi connectivity index (χ2n) is 5.45. The fourth-order valence-electron chi connectivity index (χ4n) is 2.38. The van der Waals surface area contributed by atoms with E-state index in [-0.39, 0.29) is 12.4 Å². The Labute approximate surface area is 148 Å². The molecule has 26 heavy (non-hydrogen) atoms. The van der Waals surface area contributed by atoms with Crippen LogP contribution in [-0.2, 0) is 0 Å². The minimum atomic E-state index is -0.408. The van der Waals surface area contributed by atoms with E-state index < -0.39 is 6.03 Å². The molecule has 2 aromatic rings. The van der Waals surface area contributed by atoms with E-state index >= 15 is 0 Å². The van der Waals surface area contributed by atoms with Gasteiger partial charge in [0.05, 0.1) is 12.8 Å². The van der Waals surface area contributed by atoms with Gasteiger partial charge in [0, 0.05) is 37.0 Å². The molecule has 2 amide bonds. The Kier molecular flexibility index (Phi) is 5.11. The summed E-state index contributed by atoms with van der Waals surface area (Å²) in [4.78, 5) is 30.1. The molecule has 138 valence electrons. The number of methoxy groups -OCH3 is 1. The predicted molar refractivity (Wildman–Crippen MR) is 94.2 cm³/mol. The summed E-state index contributed by atoms with van der Waals surface area (Å²) >= 11 is 0. The molecule has 0 saturated heterocycles. The molecule has 10 heteroatoms. The molecule has 1 aliphatic heterocycles. The number of ether oxygens (including phenoxy) is 3. The molecule has 10 nitrogen and oxygen atoms in total. The van der Waals surface area contributed by atoms with Gasteiger partial charge < -0.3 is 30.2 Å². The molecule has 1 aromatic carbocycles. The van der Waals surface area contributed by atoms with Gasteiger partial charge in [0.15, 0.2) is 11.5 Å². The van der Waals surface area contributed by atoms with Crippen molar-refractivity contribution in [1.29, 1.82) is 0 Å². The summed E-state index contributed by atoms with van der Waals surface area (Å²) in [6, 6.07) is 4.28. The van der Waals surface area contributed by atoms with Gasteiger partial charge in [-0.3, -0.25) is 9.78 Å². The standard InChI is InChI=1S/C16H19N5O5/c1-9-5-14(22)21-15(19-9)17-3-4-18-16(23)20-10-6-12-13(26-8-25-12)7-11(10)24-2/h5-7H,3-4,8H2,1-2H3,(H2,18,20,23)(H2,17,19,21,22). The molecule has 0 bridgehead atoms. The molecule has 0 aliphatic carbocycles. The third-order valence-corrected chi connectivity index (χ3v) is 3.52. The van der Waals surface area contributed by atoms with Crippen molar-refractivity contribution in [2.24, 2.45) is 0 Å². The van der Waals surface area contributed by atoms with E-state index in [1.165, 1.54) is 13.2 Å². The summed E-state index contributed by atoms with van der Waals surface area (Å²) in [5.74, 6) is 1.92. The van der Waals surface area contributed by atoms with Crippen LogP contribution in [0.4, 0.5) is 16.4 Å². The molecular weight excluding hydrogens is 342 g/mol. The van der Waals surface area contributed by atoms with Gasteiger partial charge in [-0.15, -0.1) is 0 Å². The summed E-state index contributed by atoms with van der Waals surface area (Å²) in [5, 5.41) is 8.32. The van der Waals surface area contributed by atoms with E-state index in [4.69, 9.17) is 14.2 Å². The number of hydrogen-bond acceptors (Lipinski definition) is 7. The molecule has 2 heterocycles. The molecule has 0 saturated carbocycles. The molecule has 1 aliphatic rings. The van der Waals surface area contributed by atoms with Crippen LogP contribution in [0.1, 0.15) is 5.69 Å². The fourth-order valence-corrected chi connectivity index (χ4v) is 2.38. The van der Waals surface area contributed by atoms with Crippen molar-refractivity contribution in [2.75, 3.05) is 37.6 Å². The van der Waals surface area contributed by atoms with Crippen LogP contribution in [0.2, 0.25) is 0 Å². The van der Waals surface area contributed by atoms with Crippen LogP contribution in [-0.4, -0.2) is 43.0 Å². The van der Waals surface area contributed by atoms with E-state index in [1.54, 1.807) is 19.1 Å². The topological polar surface area (TPSA) is 127 Å². The van der Waals surface area contributed by atoms with Crippen molar-refractivity contribution in [3.8, 4) is 17.2 Å². The van der Waals surface area contributed by atoms with Crippen molar-refractivity contribution in [1.82, 2.24) is 15.3 Å². The molecule has 1 aromatic heterocycles. The van der Waals surface area contributed by atoms with E-state index in [0.29, 0.717) is 47.7 Å². The highest BCUT2D eigenvalue weighted by atomic mass is 16.7. The Bertz CT molecular complexity index is 867. The number of nitrogens with one attached hydrogen (secondary N) is 4. The van der Waals surface area contributed by atoms with Crippen LogP contribution in [0.3, 0.4) is 0 Å². The zero-order chi connectivity index (χ0) is 18.5. The predicted octanol–water partition coefficient (Wildman–Crippen LogP) is 1.05. The molecule has 0 atom stereocenters. The number of fused-ring (bicyclic) bond motifs is 1. The summed E-state index contributed by atoms with van der Waals surface area (Å²) in [7, 11) is 1.50. The molecule has 0 spiro atoms. The number of hydrogen-bond donors (Lipinski definition) is 4. The zero-order valence-electron chi connectivity index (χ0n) is 14.3. The lowest BCUT2D eigenvalue weighted by Crippen LogP contribution is -2.33. The number of carbonyl (C=O) groups excluding carboxylic acids is 1. The second-order valence-corrected chi connectivity index (χ2v) is 5.45. The van der Waals surface area contributed by atoms with Gasteiger partial charge in [0.1, 0.15) is 5.75 Å². The average molecular weight is 361 g/mol. The first kappa shape index (κ1) is 17.4. The maximum atomic E-state index is 12.0. The maximum absolute atomic E-state index is 12.0. The summed E-state index contributed by atoms with van der Waals surface area (Å²) in [6.07, 6.45) is 0. The monoisotopic (exact) mass is 361 g/mol. The van der Waals surface area contributed by atoms with E-state index in [9.17, 15) is 9.59 Å². The number of aromatic nitrogens is 2. The summed E-state index contributed by atoms with van der Waals surface area (Å²) in [6.45, 7) is 2.56. The highest BCUT2D eigenvalue weighted by Gasteiger charge is 2.18. The van der Waals surface area contributed by atoms with E-state index in [1.807, 2.05) is 0 Å². The van der Waals surface area contributed by atoms with Gasteiger partial charge in [-0.2, -0.15) is 0 Å². The number of aryl methyl sites for hydroxylation is 1. The van der Waals surface area contributed by atoms with Crippen LogP contribution < -0.4 is 35.7 Å². The van der Waals surface area contributed by atoms with Crippen LogP contribution in [0.15, 0.2) is 23.0 Å². The fraction of sp³-hybridized carbons (Fsp3) is 0.312. The lowest BCUT2D eigenvalue weighted by molar-refractivity contribution is 0.174. The molecule has 0 fully saturated rings. The normalized spacial score (nSPS) is 11.8. The lowest BCUT2D eigenvalue weighted by Gasteiger charge is -2.12. The van der Waals surface area contributed by atoms with Gasteiger partial charge in [-0.25, -0.2) is 9.78 Å². The van der Waals surface area contributed by atoms with Crippen LogP contribution >= 0.6 is 0 Å². The van der Waals surface area contributed by atoms with Crippen molar-refractivity contribution in [2.45, 2.75) is 6.92 Å². The molecule has 3 rings (SSSR count). The minimum absolute atomic E-state index is 0.134. The van der Waals surface area contributed by atoms with Crippen LogP contribution in [0.5, 0.6) is 17.2 Å². The van der Waals surface area contributed by atoms with Crippen molar-refractivity contribution in [3.05, 3.63) is 34.2 Å². The number of aromatic amines is 1. The second kappa shape index (κ2) is 7.64. The van der Waals surface area contributed by atoms with Crippen LogP contribution in [0, 0.1) is 6.92 Å². The zero-order valence-corrected chi connectivity index (χ0v) is 14.3. The Morgan fingerprint density at radius 2 is 2.04 bits per heavy atom. The Hall–Kier alpha value is -3.43. The maximum Gasteiger partial charge on any atom is 0.319 e. The van der Waals surface area contributed by atoms with Gasteiger partial charge in [-0.05, 0) is 6.92 Å². The number of H-pyrrole nitrogens is 1. The first-order valence-electron chi connectivity index (χ1n) is 7.89. The number of nitrogens with zero attached hydrogens (tertiary/aromatic N) is 1. The molecular formula is C16H19N5O5. The van der Waals surface area contributed by atoms with Gasteiger partial charge in [-0.1, -0.05) is 0 Å². The minimum Gasteiger partial charge on any atom is -0.494 e. The SMILES string of the molecule is COc1cc2c(cc1NC(=O)NCCNc1nc(C)cc(=O)[nH]1)OCO2. The first-order valence-corrected chi connectivity index (χ1v) is 7.89. The van der Waals surface area contributed by atoms with Crippen LogP contribution in [0.25, 0.3) is 0 Å². The third-order valence-electron chi connectivity index (χ3n) is 3.52. The van der Waals surface area contributed by atoms with E-state index in [0.717, 1.165) is 0 Å². The summed E-state index contributed by atoms with van der Waals surface area (Å²) in [5.41, 5.74) is 0.837. The Balaban J connectivity index is 1.51. The Morgan fingerprint density at radius 3 is 2.77 bits per heavy atom. The molecule has 0 unspecified atom stereocenters. The number of urea groups is 1. The highest BCUT2D eigenvalue weighted by Crippen LogP contribution is 2.40. The average Bonchev–Trinajstić information content (AvgIpc) is 3.04. The third kappa shape index (κ3) is 4.15. The first-order chi connectivity index (χ1) is 12.5.